The smallest absolute Gasteiger partial charge is 0.122 e. The second-order valence-corrected chi connectivity index (χ2v) is 5.88. The van der Waals surface area contributed by atoms with Crippen LogP contribution in [-0.4, -0.2) is 15.3 Å². The number of anilines is 2. The molecule has 1 aliphatic carbocycles. The SMILES string of the molecule is Oc1ccc(Nc2ccccc2)c2c1C(O)c1ccccc1C2O. The largest absolute Gasteiger partial charge is 0.508 e. The van der Waals surface area contributed by atoms with Gasteiger partial charge in [0.05, 0.1) is 0 Å². The molecule has 0 heterocycles. The van der Waals surface area contributed by atoms with E-state index in [4.69, 9.17) is 0 Å². The van der Waals surface area contributed by atoms with Crippen molar-refractivity contribution >= 4 is 11.4 Å². The van der Waals surface area contributed by atoms with Gasteiger partial charge in [-0.2, -0.15) is 0 Å². The standard InChI is InChI=1S/C20H17NO3/c22-16-11-10-15(21-12-6-2-1-3-7-12)17-18(16)20(24)14-9-5-4-8-13(14)19(17)23/h1-11,19-24H. The summed E-state index contributed by atoms with van der Waals surface area (Å²) < 4.78 is 0. The molecule has 0 radical (unpaired) electrons. The number of phenols is 1. The fourth-order valence-corrected chi connectivity index (χ4v) is 3.31. The molecule has 120 valence electrons. The first-order valence-corrected chi connectivity index (χ1v) is 7.79. The van der Waals surface area contributed by atoms with Crippen LogP contribution in [0.15, 0.2) is 66.7 Å². The number of aliphatic hydroxyl groups excluding tert-OH is 2. The monoisotopic (exact) mass is 319 g/mol. The van der Waals surface area contributed by atoms with Crippen molar-refractivity contribution in [3.63, 3.8) is 0 Å². The van der Waals surface area contributed by atoms with Crippen LogP contribution in [0.4, 0.5) is 11.4 Å². The van der Waals surface area contributed by atoms with Crippen molar-refractivity contribution in [1.29, 1.82) is 0 Å². The number of nitrogens with one attached hydrogen (secondary N) is 1. The van der Waals surface area contributed by atoms with Crippen LogP contribution in [0.1, 0.15) is 34.5 Å². The average Bonchev–Trinajstić information content (AvgIpc) is 2.62. The van der Waals surface area contributed by atoms with E-state index in [1.807, 2.05) is 42.5 Å². The molecule has 0 amide bonds. The third-order valence-electron chi connectivity index (χ3n) is 4.45. The molecule has 0 fully saturated rings. The van der Waals surface area contributed by atoms with Crippen LogP contribution < -0.4 is 5.32 Å². The van der Waals surface area contributed by atoms with Crippen molar-refractivity contribution in [2.75, 3.05) is 5.32 Å². The molecule has 0 saturated carbocycles. The maximum absolute atomic E-state index is 10.9. The van der Waals surface area contributed by atoms with Crippen molar-refractivity contribution in [3.05, 3.63) is 89.0 Å². The van der Waals surface area contributed by atoms with Crippen LogP contribution in [0.3, 0.4) is 0 Å². The lowest BCUT2D eigenvalue weighted by atomic mass is 9.80. The summed E-state index contributed by atoms with van der Waals surface area (Å²) in [5, 5.41) is 35.1. The maximum Gasteiger partial charge on any atom is 0.122 e. The van der Waals surface area contributed by atoms with Gasteiger partial charge in [0.15, 0.2) is 0 Å². The zero-order chi connectivity index (χ0) is 16.7. The molecule has 0 saturated heterocycles. The topological polar surface area (TPSA) is 72.7 Å². The molecule has 4 rings (SSSR count). The Balaban J connectivity index is 1.88. The number of aliphatic hydroxyl groups is 2. The Kier molecular flexibility index (Phi) is 3.49. The minimum Gasteiger partial charge on any atom is -0.508 e. The Labute approximate surface area is 139 Å². The molecule has 4 N–H and O–H groups in total. The van der Waals surface area contributed by atoms with Gasteiger partial charge in [-0.3, -0.25) is 0 Å². The summed E-state index contributed by atoms with van der Waals surface area (Å²) in [5.74, 6) is -0.0235. The van der Waals surface area contributed by atoms with E-state index in [0.29, 0.717) is 27.9 Å². The summed E-state index contributed by atoms with van der Waals surface area (Å²) in [6, 6.07) is 20.0. The first-order valence-electron chi connectivity index (χ1n) is 7.79. The van der Waals surface area contributed by atoms with E-state index in [1.54, 1.807) is 18.2 Å². The molecule has 2 atom stereocenters. The molecule has 1 aliphatic rings. The lowest BCUT2D eigenvalue weighted by Gasteiger charge is -2.31. The number of phenolic OH excluding ortho intramolecular Hbond substituents is 1. The highest BCUT2D eigenvalue weighted by atomic mass is 16.3. The van der Waals surface area contributed by atoms with Gasteiger partial charge < -0.3 is 20.6 Å². The predicted molar refractivity (Wildman–Crippen MR) is 92.4 cm³/mol. The first-order chi connectivity index (χ1) is 11.7. The third kappa shape index (κ3) is 2.24. The highest BCUT2D eigenvalue weighted by Gasteiger charge is 2.34. The summed E-state index contributed by atoms with van der Waals surface area (Å²) in [5.41, 5.74) is 3.65. The van der Waals surface area contributed by atoms with E-state index in [9.17, 15) is 15.3 Å². The second kappa shape index (κ2) is 5.67. The van der Waals surface area contributed by atoms with Gasteiger partial charge >= 0.3 is 0 Å². The summed E-state index contributed by atoms with van der Waals surface area (Å²) >= 11 is 0. The average molecular weight is 319 g/mol. The summed E-state index contributed by atoms with van der Waals surface area (Å²) in [6.45, 7) is 0. The van der Waals surface area contributed by atoms with E-state index in [2.05, 4.69) is 5.32 Å². The number of benzene rings is 3. The number of hydrogen-bond acceptors (Lipinski definition) is 4. The molecule has 3 aromatic rings. The van der Waals surface area contributed by atoms with Gasteiger partial charge in [0.2, 0.25) is 0 Å². The van der Waals surface area contributed by atoms with E-state index >= 15 is 0 Å². The number of rotatable bonds is 2. The van der Waals surface area contributed by atoms with Gasteiger partial charge in [0.25, 0.3) is 0 Å². The van der Waals surface area contributed by atoms with Gasteiger partial charge in [-0.25, -0.2) is 0 Å². The minimum absolute atomic E-state index is 0.0235. The molecule has 0 aliphatic heterocycles. The van der Waals surface area contributed by atoms with Crippen LogP contribution in [-0.2, 0) is 0 Å². The molecular formula is C20H17NO3. The Morgan fingerprint density at radius 2 is 1.25 bits per heavy atom. The molecule has 4 nitrogen and oxygen atoms in total. The molecule has 3 aromatic carbocycles. The van der Waals surface area contributed by atoms with Crippen molar-refractivity contribution in [3.8, 4) is 5.75 Å². The summed E-state index contributed by atoms with van der Waals surface area (Å²) in [6.07, 6.45) is -1.89. The molecular weight excluding hydrogens is 302 g/mol. The Morgan fingerprint density at radius 1 is 0.667 bits per heavy atom. The molecule has 0 spiro atoms. The molecule has 24 heavy (non-hydrogen) atoms. The van der Waals surface area contributed by atoms with Crippen molar-refractivity contribution in [1.82, 2.24) is 0 Å². The van der Waals surface area contributed by atoms with Gasteiger partial charge in [-0.1, -0.05) is 42.5 Å². The Hall–Kier alpha value is -2.82. The Bertz CT molecular complexity index is 893. The number of hydrogen-bond donors (Lipinski definition) is 4. The maximum atomic E-state index is 10.9. The highest BCUT2D eigenvalue weighted by molar-refractivity contribution is 5.71. The fraction of sp³-hybridized carbons (Fsp3) is 0.100. The predicted octanol–water partition coefficient (Wildman–Crippen LogP) is 3.61. The van der Waals surface area contributed by atoms with Crippen molar-refractivity contribution < 1.29 is 15.3 Å². The third-order valence-corrected chi connectivity index (χ3v) is 4.45. The molecule has 2 unspecified atom stereocenters. The van der Waals surface area contributed by atoms with Crippen LogP contribution in [0.5, 0.6) is 5.75 Å². The van der Waals surface area contributed by atoms with E-state index in [-0.39, 0.29) is 5.75 Å². The van der Waals surface area contributed by atoms with E-state index in [0.717, 1.165) is 5.69 Å². The number of aromatic hydroxyl groups is 1. The minimum atomic E-state index is -0.975. The molecule has 0 aromatic heterocycles. The van der Waals surface area contributed by atoms with Gasteiger partial charge in [-0.15, -0.1) is 0 Å². The van der Waals surface area contributed by atoms with E-state index < -0.39 is 12.2 Å². The van der Waals surface area contributed by atoms with Crippen molar-refractivity contribution in [2.24, 2.45) is 0 Å². The second-order valence-electron chi connectivity index (χ2n) is 5.88. The van der Waals surface area contributed by atoms with Crippen LogP contribution in [0.2, 0.25) is 0 Å². The lowest BCUT2D eigenvalue weighted by molar-refractivity contribution is 0.170. The van der Waals surface area contributed by atoms with Crippen molar-refractivity contribution in [2.45, 2.75) is 12.2 Å². The normalized spacial score (nSPS) is 18.6. The molecule has 4 heteroatoms. The number of fused-ring (bicyclic) bond motifs is 2. The molecule has 0 bridgehead atoms. The van der Waals surface area contributed by atoms with Crippen LogP contribution >= 0.6 is 0 Å². The van der Waals surface area contributed by atoms with E-state index in [1.165, 1.54) is 6.07 Å². The fourth-order valence-electron chi connectivity index (χ4n) is 3.31. The Morgan fingerprint density at radius 3 is 1.92 bits per heavy atom. The lowest BCUT2D eigenvalue weighted by Crippen LogP contribution is -2.19. The quantitative estimate of drug-likeness (QED) is 0.545. The number of para-hydroxylation sites is 1. The van der Waals surface area contributed by atoms with Gasteiger partial charge in [0, 0.05) is 22.5 Å². The van der Waals surface area contributed by atoms with Gasteiger partial charge in [-0.05, 0) is 35.4 Å². The highest BCUT2D eigenvalue weighted by Crippen LogP contribution is 2.47. The first kappa shape index (κ1) is 14.8. The zero-order valence-corrected chi connectivity index (χ0v) is 12.8. The summed E-state index contributed by atoms with van der Waals surface area (Å²) in [7, 11) is 0. The van der Waals surface area contributed by atoms with Crippen LogP contribution in [0, 0.1) is 0 Å². The zero-order valence-electron chi connectivity index (χ0n) is 12.8. The summed E-state index contributed by atoms with van der Waals surface area (Å²) in [4.78, 5) is 0. The van der Waals surface area contributed by atoms with Crippen LogP contribution in [0.25, 0.3) is 0 Å². The van der Waals surface area contributed by atoms with Gasteiger partial charge in [0.1, 0.15) is 18.0 Å².